The molecule has 1 nitrogen and oxygen atoms in total. The topological polar surface area (TPSA) is 20.2 Å². The lowest BCUT2D eigenvalue weighted by molar-refractivity contribution is -0.149. The maximum Gasteiger partial charge on any atom is 0.0543 e. The maximum absolute atomic E-state index is 10.4. The first-order valence-corrected chi connectivity index (χ1v) is 13.3. The van der Waals surface area contributed by atoms with E-state index < -0.39 is 0 Å². The number of rotatable bonds is 5. The van der Waals surface area contributed by atoms with E-state index in [1.807, 2.05) is 0 Å². The average Bonchev–Trinajstić information content (AvgIpc) is 3.00. The lowest BCUT2D eigenvalue weighted by Crippen LogP contribution is -2.56. The van der Waals surface area contributed by atoms with Crippen LogP contribution in [0.2, 0.25) is 0 Å². The SMILES string of the molecule is CC(C)CCCC(C)C1CCC2C3CC(C)C4C[C@@H](O)CC[C@]4(C)C3CC[C@]12C. The summed E-state index contributed by atoms with van der Waals surface area (Å²) in [4.78, 5) is 0. The molecule has 0 spiro atoms. The Hall–Kier alpha value is -0.0400. The smallest absolute Gasteiger partial charge is 0.0543 e. The Morgan fingerprint density at radius 1 is 0.828 bits per heavy atom. The summed E-state index contributed by atoms with van der Waals surface area (Å²) >= 11 is 0. The molecule has 4 saturated carbocycles. The predicted octanol–water partition coefficient (Wildman–Crippen LogP) is 7.71. The molecule has 0 radical (unpaired) electrons. The van der Waals surface area contributed by atoms with Gasteiger partial charge in [-0.15, -0.1) is 0 Å². The van der Waals surface area contributed by atoms with Gasteiger partial charge >= 0.3 is 0 Å². The molecule has 0 aromatic carbocycles. The van der Waals surface area contributed by atoms with Crippen molar-refractivity contribution in [3.05, 3.63) is 0 Å². The third-order valence-corrected chi connectivity index (χ3v) is 11.2. The molecule has 0 amide bonds. The van der Waals surface area contributed by atoms with Crippen LogP contribution in [0.25, 0.3) is 0 Å². The Kier molecular flexibility index (Phi) is 6.22. The van der Waals surface area contributed by atoms with Crippen LogP contribution in [-0.4, -0.2) is 11.2 Å². The zero-order valence-electron chi connectivity index (χ0n) is 20.4. The lowest BCUT2D eigenvalue weighted by atomic mass is 9.42. The molecule has 4 rings (SSSR count). The molecular formula is C28H50O. The van der Waals surface area contributed by atoms with Crippen molar-refractivity contribution in [1.82, 2.24) is 0 Å². The minimum Gasteiger partial charge on any atom is -0.393 e. The molecule has 0 aromatic rings. The summed E-state index contributed by atoms with van der Waals surface area (Å²) < 4.78 is 0. The van der Waals surface area contributed by atoms with Crippen molar-refractivity contribution in [3.63, 3.8) is 0 Å². The molecule has 7 unspecified atom stereocenters. The normalized spacial score (nSPS) is 50.7. The number of fused-ring (bicyclic) bond motifs is 5. The number of aliphatic hydroxyl groups excluding tert-OH is 1. The van der Waals surface area contributed by atoms with Gasteiger partial charge in [-0.3, -0.25) is 0 Å². The number of aliphatic hydroxyl groups is 1. The second kappa shape index (κ2) is 8.14. The summed E-state index contributed by atoms with van der Waals surface area (Å²) in [7, 11) is 0. The monoisotopic (exact) mass is 402 g/mol. The van der Waals surface area contributed by atoms with E-state index in [-0.39, 0.29) is 6.10 Å². The lowest BCUT2D eigenvalue weighted by Gasteiger charge is -2.63. The van der Waals surface area contributed by atoms with E-state index in [0.717, 1.165) is 60.2 Å². The van der Waals surface area contributed by atoms with Gasteiger partial charge in [0.2, 0.25) is 0 Å². The molecule has 0 aromatic heterocycles. The van der Waals surface area contributed by atoms with Gasteiger partial charge in [0.05, 0.1) is 6.10 Å². The number of hydrogen-bond acceptors (Lipinski definition) is 1. The molecule has 0 bridgehead atoms. The molecular weight excluding hydrogens is 352 g/mol. The van der Waals surface area contributed by atoms with Crippen LogP contribution in [0.5, 0.6) is 0 Å². The van der Waals surface area contributed by atoms with Crippen LogP contribution in [0.3, 0.4) is 0 Å². The van der Waals surface area contributed by atoms with Crippen LogP contribution in [0.1, 0.15) is 112 Å². The van der Waals surface area contributed by atoms with Crippen LogP contribution >= 0.6 is 0 Å². The fourth-order valence-electron chi connectivity index (χ4n) is 9.74. The highest BCUT2D eigenvalue weighted by atomic mass is 16.3. The molecule has 4 fully saturated rings. The Morgan fingerprint density at radius 3 is 2.24 bits per heavy atom. The molecule has 1 heteroatoms. The first-order chi connectivity index (χ1) is 13.7. The van der Waals surface area contributed by atoms with Crippen molar-refractivity contribution in [1.29, 1.82) is 0 Å². The number of hydrogen-bond donors (Lipinski definition) is 1. The third kappa shape index (κ3) is 3.74. The van der Waals surface area contributed by atoms with Crippen LogP contribution < -0.4 is 0 Å². The Morgan fingerprint density at radius 2 is 1.52 bits per heavy atom. The first kappa shape index (κ1) is 22.2. The van der Waals surface area contributed by atoms with Gasteiger partial charge in [0.15, 0.2) is 0 Å². The van der Waals surface area contributed by atoms with E-state index in [9.17, 15) is 5.11 Å². The Bertz CT molecular complexity index is 569. The summed E-state index contributed by atoms with van der Waals surface area (Å²) in [6, 6.07) is 0. The van der Waals surface area contributed by atoms with Gasteiger partial charge in [-0.2, -0.15) is 0 Å². The molecule has 0 heterocycles. The quantitative estimate of drug-likeness (QED) is 0.499. The summed E-state index contributed by atoms with van der Waals surface area (Å²) in [5.74, 6) is 7.19. The molecule has 1 N–H and O–H groups in total. The largest absolute Gasteiger partial charge is 0.393 e. The highest BCUT2D eigenvalue weighted by Gasteiger charge is 2.61. The van der Waals surface area contributed by atoms with Crippen LogP contribution in [0.15, 0.2) is 0 Å². The van der Waals surface area contributed by atoms with Gasteiger partial charge < -0.3 is 5.11 Å². The highest BCUT2D eigenvalue weighted by molar-refractivity contribution is 5.10. The Balaban J connectivity index is 1.50. The summed E-state index contributed by atoms with van der Waals surface area (Å²) in [5.41, 5.74) is 1.11. The summed E-state index contributed by atoms with van der Waals surface area (Å²) in [6.45, 7) is 15.2. The minimum absolute atomic E-state index is 0.0246. The van der Waals surface area contributed by atoms with Crippen molar-refractivity contribution in [2.45, 2.75) is 118 Å². The predicted molar refractivity (Wildman–Crippen MR) is 124 cm³/mol. The highest BCUT2D eigenvalue weighted by Crippen LogP contribution is 2.69. The van der Waals surface area contributed by atoms with Gasteiger partial charge in [0.25, 0.3) is 0 Å². The Labute approximate surface area is 181 Å². The van der Waals surface area contributed by atoms with Crippen molar-refractivity contribution in [3.8, 4) is 0 Å². The van der Waals surface area contributed by atoms with Crippen molar-refractivity contribution in [2.75, 3.05) is 0 Å². The van der Waals surface area contributed by atoms with Crippen molar-refractivity contribution in [2.24, 2.45) is 58.2 Å². The fraction of sp³-hybridized carbons (Fsp3) is 1.00. The van der Waals surface area contributed by atoms with Crippen LogP contribution in [0, 0.1) is 58.2 Å². The first-order valence-electron chi connectivity index (χ1n) is 13.3. The minimum atomic E-state index is -0.0246. The fourth-order valence-corrected chi connectivity index (χ4v) is 9.74. The van der Waals surface area contributed by atoms with E-state index in [4.69, 9.17) is 0 Å². The van der Waals surface area contributed by atoms with E-state index >= 15 is 0 Å². The summed E-state index contributed by atoms with van der Waals surface area (Å²) in [6.07, 6.45) is 15.1. The van der Waals surface area contributed by atoms with Crippen molar-refractivity contribution >= 4 is 0 Å². The van der Waals surface area contributed by atoms with Gasteiger partial charge in [0, 0.05) is 0 Å². The van der Waals surface area contributed by atoms with E-state index in [1.165, 1.54) is 57.8 Å². The maximum atomic E-state index is 10.4. The van der Waals surface area contributed by atoms with Crippen molar-refractivity contribution < 1.29 is 5.11 Å². The second-order valence-electron chi connectivity index (χ2n) is 13.2. The standard InChI is InChI=1S/C28H50O/c1-18(2)8-7-9-19(3)23-10-11-24-22-16-20(4)26-17-21(29)12-14-28(26,6)25(22)13-15-27(23,24)5/h18-26,29H,7-17H2,1-6H3/t19?,20?,21-,22?,23?,24?,25?,26?,27+,28+/m0/s1. The third-order valence-electron chi connectivity index (χ3n) is 11.2. The molecule has 10 atom stereocenters. The van der Waals surface area contributed by atoms with Gasteiger partial charge in [-0.05, 0) is 110 Å². The second-order valence-corrected chi connectivity index (χ2v) is 13.2. The molecule has 0 saturated heterocycles. The van der Waals surface area contributed by atoms with Gasteiger partial charge in [0.1, 0.15) is 0 Å². The van der Waals surface area contributed by atoms with E-state index in [2.05, 4.69) is 41.5 Å². The van der Waals surface area contributed by atoms with Gasteiger partial charge in [-0.1, -0.05) is 60.8 Å². The summed E-state index contributed by atoms with van der Waals surface area (Å²) in [5, 5.41) is 10.4. The van der Waals surface area contributed by atoms with E-state index in [0.29, 0.717) is 10.8 Å². The molecule has 4 aliphatic carbocycles. The molecule has 29 heavy (non-hydrogen) atoms. The average molecular weight is 403 g/mol. The molecule has 4 aliphatic rings. The van der Waals surface area contributed by atoms with Crippen LogP contribution in [-0.2, 0) is 0 Å². The van der Waals surface area contributed by atoms with Crippen LogP contribution in [0.4, 0.5) is 0 Å². The zero-order valence-corrected chi connectivity index (χ0v) is 20.4. The van der Waals surface area contributed by atoms with Gasteiger partial charge in [-0.25, -0.2) is 0 Å². The zero-order chi connectivity index (χ0) is 21.0. The molecule has 168 valence electrons. The molecule has 0 aliphatic heterocycles. The van der Waals surface area contributed by atoms with E-state index in [1.54, 1.807) is 0 Å².